The Balaban J connectivity index is 1.98. The summed E-state index contributed by atoms with van der Waals surface area (Å²) in [4.78, 5) is 20.4. The van der Waals surface area contributed by atoms with Crippen LogP contribution in [0.3, 0.4) is 0 Å². The molecule has 6 N–H and O–H groups in total. The summed E-state index contributed by atoms with van der Waals surface area (Å²) in [5, 5.41) is -0.356. The Labute approximate surface area is 214 Å². The number of rotatable bonds is 6. The largest absolute Gasteiger partial charge is 0.493 e. The van der Waals surface area contributed by atoms with E-state index in [9.17, 15) is 9.18 Å². The van der Waals surface area contributed by atoms with Crippen molar-refractivity contribution in [1.82, 2.24) is 14.5 Å². The Morgan fingerprint density at radius 2 is 1.86 bits per heavy atom. The highest BCUT2D eigenvalue weighted by Gasteiger charge is 2.41. The lowest BCUT2D eigenvalue weighted by molar-refractivity contribution is 0.0146. The second-order valence-electron chi connectivity index (χ2n) is 10.2. The number of hydrogen-bond donors (Lipinski definition) is 3. The van der Waals surface area contributed by atoms with E-state index in [0.29, 0.717) is 40.7 Å². The van der Waals surface area contributed by atoms with Crippen molar-refractivity contribution in [3.63, 3.8) is 0 Å². The molecule has 4 rings (SSSR count). The van der Waals surface area contributed by atoms with Gasteiger partial charge in [-0.05, 0) is 71.2 Å². The maximum atomic E-state index is 14.1. The molecular weight excluding hydrogens is 483 g/mol. The number of ether oxygens (including phenoxy) is 2. The van der Waals surface area contributed by atoms with Crippen LogP contribution in [0.1, 0.15) is 56.4 Å². The summed E-state index contributed by atoms with van der Waals surface area (Å²) in [5.41, 5.74) is 19.9. The van der Waals surface area contributed by atoms with Gasteiger partial charge in [0, 0.05) is 11.6 Å². The number of nitrogens with two attached hydrogens (primary N) is 3. The minimum atomic E-state index is -1.92. The summed E-state index contributed by atoms with van der Waals surface area (Å²) in [6.07, 6.45) is 1.05. The molecule has 36 heavy (non-hydrogen) atoms. The van der Waals surface area contributed by atoms with Crippen molar-refractivity contribution >= 4 is 17.2 Å². The van der Waals surface area contributed by atoms with Crippen molar-refractivity contribution in [2.75, 3.05) is 7.11 Å². The molecule has 3 heterocycles. The molecular formula is C25H33FN6O3S. The second kappa shape index (κ2) is 9.15. The van der Waals surface area contributed by atoms with Crippen molar-refractivity contribution in [2.45, 2.75) is 65.0 Å². The van der Waals surface area contributed by atoms with Gasteiger partial charge in [0.2, 0.25) is 5.91 Å². The highest BCUT2D eigenvalue weighted by Crippen LogP contribution is 2.41. The third-order valence-corrected chi connectivity index (χ3v) is 6.70. The molecule has 1 amide bonds. The van der Waals surface area contributed by atoms with Crippen LogP contribution in [0.4, 0.5) is 4.39 Å². The zero-order valence-electron chi connectivity index (χ0n) is 21.4. The number of carbonyl (C=O) groups excluding carboxylic acids is 1. The van der Waals surface area contributed by atoms with Crippen LogP contribution in [0.15, 0.2) is 24.3 Å². The Hall–Kier alpha value is -2.99. The number of nitrogens with zero attached hydrogens (tertiary/aromatic N) is 3. The van der Waals surface area contributed by atoms with E-state index < -0.39 is 17.4 Å². The fourth-order valence-electron chi connectivity index (χ4n) is 4.64. The fraction of sp³-hybridized carbons (Fsp3) is 0.440. The maximum absolute atomic E-state index is 14.1. The van der Waals surface area contributed by atoms with Crippen LogP contribution in [0, 0.1) is 5.13 Å². The summed E-state index contributed by atoms with van der Waals surface area (Å²) < 4.78 is 27.5. The molecule has 0 aliphatic carbocycles. The van der Waals surface area contributed by atoms with Crippen LogP contribution in [0.25, 0.3) is 16.4 Å². The van der Waals surface area contributed by atoms with Crippen molar-refractivity contribution < 1.29 is 18.7 Å². The summed E-state index contributed by atoms with van der Waals surface area (Å²) in [6, 6.07) is 6.83. The molecule has 11 heteroatoms. The number of carbonyl (C=O) groups is 1. The molecule has 2 aromatic heterocycles. The van der Waals surface area contributed by atoms with E-state index in [2.05, 4.69) is 0 Å². The fourth-order valence-corrected chi connectivity index (χ4v) is 5.35. The van der Waals surface area contributed by atoms with Crippen molar-refractivity contribution in [3.8, 4) is 27.9 Å². The van der Waals surface area contributed by atoms with Crippen LogP contribution < -0.4 is 26.7 Å². The van der Waals surface area contributed by atoms with Gasteiger partial charge in [-0.25, -0.2) is 4.98 Å². The zero-order valence-corrected chi connectivity index (χ0v) is 22.2. The highest BCUT2D eigenvalue weighted by atomic mass is 32.1. The first-order chi connectivity index (χ1) is 16.7. The molecule has 1 aromatic carbocycles. The highest BCUT2D eigenvalue weighted by molar-refractivity contribution is 7.13. The summed E-state index contributed by atoms with van der Waals surface area (Å²) in [5.74, 6) is -0.805. The quantitative estimate of drug-likeness (QED) is 0.428. The van der Waals surface area contributed by atoms with E-state index in [-0.39, 0.29) is 16.9 Å². The lowest BCUT2D eigenvalue weighted by Gasteiger charge is -2.43. The Bertz CT molecular complexity index is 1290. The Kier molecular flexibility index (Phi) is 6.63. The number of benzene rings is 1. The minimum Gasteiger partial charge on any atom is -0.493 e. The molecule has 3 aromatic rings. The predicted molar refractivity (Wildman–Crippen MR) is 138 cm³/mol. The molecule has 194 valence electrons. The number of amides is 1. The van der Waals surface area contributed by atoms with Crippen molar-refractivity contribution in [2.24, 2.45) is 17.2 Å². The van der Waals surface area contributed by atoms with Crippen LogP contribution in [-0.2, 0) is 12.8 Å². The van der Waals surface area contributed by atoms with Gasteiger partial charge in [-0.15, -0.1) is 11.3 Å². The number of fused-ring (bicyclic) bond motifs is 3. The molecule has 0 fully saturated rings. The van der Waals surface area contributed by atoms with Gasteiger partial charge in [-0.2, -0.15) is 4.39 Å². The lowest BCUT2D eigenvalue weighted by Crippen LogP contribution is -2.75. The van der Waals surface area contributed by atoms with Crippen molar-refractivity contribution in [3.05, 3.63) is 46.3 Å². The smallest absolute Gasteiger partial charge is 0.278 e. The van der Waals surface area contributed by atoms with E-state index in [1.807, 2.05) is 30.5 Å². The average Bonchev–Trinajstić information content (AvgIpc) is 3.34. The standard InChI is InChI=1S/C25H33FN6O3S/c1-13(2)35-18-12-16-14(11-17(18)34-6)7-8-15-21(23(33)32(24(3,4)5)25(27,28)29)30-22(31(15)16)19-9-10-20(26)36-19/h9-13H,7-8,27-29H2,1-6H3. The molecule has 0 bridgehead atoms. The predicted octanol–water partition coefficient (Wildman–Crippen LogP) is 3.36. The van der Waals surface area contributed by atoms with Crippen LogP contribution >= 0.6 is 11.3 Å². The van der Waals surface area contributed by atoms with Crippen LogP contribution in [-0.4, -0.2) is 45.0 Å². The Morgan fingerprint density at radius 1 is 1.17 bits per heavy atom. The number of thiophene rings is 1. The molecule has 1 aliphatic rings. The van der Waals surface area contributed by atoms with Gasteiger partial charge in [-0.1, -0.05) is 0 Å². The first-order valence-electron chi connectivity index (χ1n) is 11.7. The number of aromatic nitrogens is 2. The molecule has 0 spiro atoms. The van der Waals surface area contributed by atoms with E-state index in [0.717, 1.165) is 22.6 Å². The van der Waals surface area contributed by atoms with Gasteiger partial charge in [0.25, 0.3) is 5.91 Å². The summed E-state index contributed by atoms with van der Waals surface area (Å²) >= 11 is 0.950. The lowest BCUT2D eigenvalue weighted by atomic mass is 9.98. The normalized spacial score (nSPS) is 13.4. The monoisotopic (exact) mass is 516 g/mol. The average molecular weight is 517 g/mol. The van der Waals surface area contributed by atoms with Gasteiger partial charge in [-0.3, -0.25) is 31.5 Å². The summed E-state index contributed by atoms with van der Waals surface area (Å²) in [6.45, 7) is 9.24. The first kappa shape index (κ1) is 26.1. The van der Waals surface area contributed by atoms with Gasteiger partial charge >= 0.3 is 0 Å². The topological polar surface area (TPSA) is 135 Å². The minimum absolute atomic E-state index is 0.0853. The first-order valence-corrected chi connectivity index (χ1v) is 12.5. The van der Waals surface area contributed by atoms with Gasteiger partial charge in [0.15, 0.2) is 28.1 Å². The number of halogens is 1. The SMILES string of the molecule is COc1cc2c(cc1OC(C)C)-n1c(-c3ccc(F)s3)nc(C(=O)N(C(C)(C)C)C(N)(N)N)c1CC2. The molecule has 0 saturated heterocycles. The number of imidazole rings is 1. The van der Waals surface area contributed by atoms with Crippen molar-refractivity contribution in [1.29, 1.82) is 0 Å². The van der Waals surface area contributed by atoms with Gasteiger partial charge in [0.05, 0.1) is 29.5 Å². The second-order valence-corrected chi connectivity index (χ2v) is 11.2. The molecule has 0 atom stereocenters. The third kappa shape index (κ3) is 4.71. The summed E-state index contributed by atoms with van der Waals surface area (Å²) in [7, 11) is 1.59. The maximum Gasteiger partial charge on any atom is 0.278 e. The van der Waals surface area contributed by atoms with Gasteiger partial charge in [0.1, 0.15) is 0 Å². The van der Waals surface area contributed by atoms with Crippen LogP contribution in [0.2, 0.25) is 0 Å². The molecule has 0 radical (unpaired) electrons. The Morgan fingerprint density at radius 3 is 2.39 bits per heavy atom. The molecule has 0 unspecified atom stereocenters. The van der Waals surface area contributed by atoms with E-state index >= 15 is 0 Å². The number of aryl methyl sites for hydroxylation is 1. The third-order valence-electron chi connectivity index (χ3n) is 5.83. The van der Waals surface area contributed by atoms with E-state index in [1.54, 1.807) is 33.9 Å². The van der Waals surface area contributed by atoms with Gasteiger partial charge < -0.3 is 9.47 Å². The van der Waals surface area contributed by atoms with E-state index in [1.165, 1.54) is 11.0 Å². The molecule has 9 nitrogen and oxygen atoms in total. The number of methoxy groups -OCH3 is 1. The number of hydrogen-bond acceptors (Lipinski definition) is 8. The molecule has 0 saturated carbocycles. The van der Waals surface area contributed by atoms with Crippen LogP contribution in [0.5, 0.6) is 11.5 Å². The molecule has 1 aliphatic heterocycles. The zero-order chi connectivity index (χ0) is 26.6. The van der Waals surface area contributed by atoms with E-state index in [4.69, 9.17) is 31.7 Å².